The molecule has 1 aliphatic rings. The highest BCUT2D eigenvalue weighted by Crippen LogP contribution is 2.22. The molecule has 2 aromatic heterocycles. The molecule has 0 aliphatic carbocycles. The third-order valence-electron chi connectivity index (χ3n) is 4.77. The van der Waals surface area contributed by atoms with Crippen LogP contribution < -0.4 is 11.3 Å². The number of aromatic nitrogens is 2. The Morgan fingerprint density at radius 1 is 1.17 bits per heavy atom. The van der Waals surface area contributed by atoms with E-state index in [1.54, 1.807) is 6.26 Å². The van der Waals surface area contributed by atoms with Crippen LogP contribution in [0.3, 0.4) is 0 Å². The number of pyridine rings is 1. The van der Waals surface area contributed by atoms with Gasteiger partial charge >= 0.3 is 0 Å². The Morgan fingerprint density at radius 3 is 2.78 bits per heavy atom. The Kier molecular flexibility index (Phi) is 3.63. The summed E-state index contributed by atoms with van der Waals surface area (Å²) in [5.41, 5.74) is 7.21. The number of nitrogens with two attached hydrogens (primary N) is 1. The quantitative estimate of drug-likeness (QED) is 0.794. The van der Waals surface area contributed by atoms with Gasteiger partial charge in [-0.05, 0) is 32.0 Å². The highest BCUT2D eigenvalue weighted by Gasteiger charge is 2.17. The molecule has 1 saturated heterocycles. The summed E-state index contributed by atoms with van der Waals surface area (Å²) < 4.78 is 6.84. The van der Waals surface area contributed by atoms with Gasteiger partial charge in [0.2, 0.25) is 0 Å². The van der Waals surface area contributed by atoms with Crippen molar-refractivity contribution in [3.8, 4) is 0 Å². The van der Waals surface area contributed by atoms with Crippen molar-refractivity contribution in [2.24, 2.45) is 5.73 Å². The van der Waals surface area contributed by atoms with E-state index in [2.05, 4.69) is 10.1 Å². The van der Waals surface area contributed by atoms with Gasteiger partial charge in [0.1, 0.15) is 6.26 Å². The first-order chi connectivity index (χ1) is 11.2. The molecule has 6 heteroatoms. The van der Waals surface area contributed by atoms with Gasteiger partial charge in [-0.3, -0.25) is 4.79 Å². The SMILES string of the molecule is NC1CCN(CCn2c(=O)c3nocc3c3ccccc32)CC1. The maximum absolute atomic E-state index is 12.7. The van der Waals surface area contributed by atoms with Gasteiger partial charge in [-0.15, -0.1) is 0 Å². The van der Waals surface area contributed by atoms with Gasteiger partial charge in [0.05, 0.1) is 10.9 Å². The molecule has 2 N–H and O–H groups in total. The third kappa shape index (κ3) is 2.54. The lowest BCUT2D eigenvalue weighted by Gasteiger charge is -2.30. The van der Waals surface area contributed by atoms with E-state index >= 15 is 0 Å². The van der Waals surface area contributed by atoms with Crippen LogP contribution in [0.1, 0.15) is 12.8 Å². The zero-order valence-corrected chi connectivity index (χ0v) is 12.9. The predicted octanol–water partition coefficient (Wildman–Crippen LogP) is 1.57. The van der Waals surface area contributed by atoms with Crippen LogP contribution in [-0.2, 0) is 6.54 Å². The van der Waals surface area contributed by atoms with E-state index in [1.165, 1.54) is 0 Å². The number of piperidine rings is 1. The minimum atomic E-state index is -0.0823. The number of benzene rings is 1. The number of nitrogens with zero attached hydrogens (tertiary/aromatic N) is 3. The molecule has 3 aromatic rings. The van der Waals surface area contributed by atoms with Crippen molar-refractivity contribution >= 4 is 21.8 Å². The van der Waals surface area contributed by atoms with Gasteiger partial charge in [0, 0.05) is 24.5 Å². The summed E-state index contributed by atoms with van der Waals surface area (Å²) >= 11 is 0. The Morgan fingerprint density at radius 2 is 1.96 bits per heavy atom. The smallest absolute Gasteiger partial charge is 0.281 e. The average molecular weight is 312 g/mol. The van der Waals surface area contributed by atoms with E-state index in [9.17, 15) is 4.79 Å². The molecule has 0 amide bonds. The van der Waals surface area contributed by atoms with Gasteiger partial charge in [-0.25, -0.2) is 0 Å². The Labute approximate surface area is 133 Å². The molecule has 120 valence electrons. The molecule has 0 spiro atoms. The molecule has 1 aromatic carbocycles. The highest BCUT2D eigenvalue weighted by atomic mass is 16.5. The molecule has 1 aliphatic heterocycles. The van der Waals surface area contributed by atoms with Gasteiger partial charge in [-0.1, -0.05) is 23.4 Å². The first-order valence-corrected chi connectivity index (χ1v) is 8.07. The summed E-state index contributed by atoms with van der Waals surface area (Å²) in [5.74, 6) is 0. The van der Waals surface area contributed by atoms with Crippen LogP contribution in [0.5, 0.6) is 0 Å². The Balaban J connectivity index is 1.70. The van der Waals surface area contributed by atoms with Crippen molar-refractivity contribution < 1.29 is 4.52 Å². The average Bonchev–Trinajstić information content (AvgIpc) is 3.07. The van der Waals surface area contributed by atoms with Gasteiger partial charge < -0.3 is 19.7 Å². The van der Waals surface area contributed by atoms with Crippen LogP contribution in [0.4, 0.5) is 0 Å². The molecule has 4 rings (SSSR count). The Bertz CT molecular complexity index is 890. The molecule has 0 radical (unpaired) electrons. The molecule has 0 unspecified atom stereocenters. The van der Waals surface area contributed by atoms with E-state index < -0.39 is 0 Å². The molecular formula is C17H20N4O2. The molecular weight excluding hydrogens is 292 g/mol. The lowest BCUT2D eigenvalue weighted by Crippen LogP contribution is -2.41. The normalized spacial score (nSPS) is 17.3. The van der Waals surface area contributed by atoms with Crippen molar-refractivity contribution in [2.75, 3.05) is 19.6 Å². The summed E-state index contributed by atoms with van der Waals surface area (Å²) in [4.78, 5) is 15.1. The molecule has 23 heavy (non-hydrogen) atoms. The lowest BCUT2D eigenvalue weighted by atomic mass is 10.1. The van der Waals surface area contributed by atoms with Crippen LogP contribution in [0.15, 0.2) is 39.8 Å². The van der Waals surface area contributed by atoms with Crippen molar-refractivity contribution in [2.45, 2.75) is 25.4 Å². The van der Waals surface area contributed by atoms with E-state index in [4.69, 9.17) is 10.3 Å². The topological polar surface area (TPSA) is 77.3 Å². The minimum absolute atomic E-state index is 0.0823. The van der Waals surface area contributed by atoms with Crippen LogP contribution in [0.25, 0.3) is 21.8 Å². The first kappa shape index (κ1) is 14.4. The first-order valence-electron chi connectivity index (χ1n) is 8.07. The van der Waals surface area contributed by atoms with Crippen LogP contribution in [0.2, 0.25) is 0 Å². The fourth-order valence-corrected chi connectivity index (χ4v) is 3.40. The van der Waals surface area contributed by atoms with Crippen molar-refractivity contribution in [3.63, 3.8) is 0 Å². The summed E-state index contributed by atoms with van der Waals surface area (Å²) in [6, 6.07) is 8.23. The second kappa shape index (κ2) is 5.79. The second-order valence-electron chi connectivity index (χ2n) is 6.23. The molecule has 0 saturated carbocycles. The van der Waals surface area contributed by atoms with E-state index in [0.29, 0.717) is 18.1 Å². The Hall–Kier alpha value is -2.18. The van der Waals surface area contributed by atoms with Crippen molar-refractivity contribution in [3.05, 3.63) is 40.9 Å². The summed E-state index contributed by atoms with van der Waals surface area (Å²) in [6.07, 6.45) is 3.60. The zero-order valence-electron chi connectivity index (χ0n) is 12.9. The number of hydrogen-bond donors (Lipinski definition) is 1. The predicted molar refractivity (Wildman–Crippen MR) is 89.4 cm³/mol. The standard InChI is InChI=1S/C17H20N4O2/c18-12-5-7-20(8-6-12)9-10-21-15-4-2-1-3-13(15)14-11-23-19-16(14)17(21)22/h1-4,11-12H,5-10,18H2. The number of rotatable bonds is 3. The van der Waals surface area contributed by atoms with E-state index in [1.807, 2.05) is 28.8 Å². The fraction of sp³-hybridized carbons (Fsp3) is 0.412. The molecule has 0 atom stereocenters. The molecule has 0 bridgehead atoms. The van der Waals surface area contributed by atoms with Crippen LogP contribution in [0, 0.1) is 0 Å². The number of hydrogen-bond acceptors (Lipinski definition) is 5. The minimum Gasteiger partial charge on any atom is -0.363 e. The number of para-hydroxylation sites is 1. The van der Waals surface area contributed by atoms with Gasteiger partial charge in [0.15, 0.2) is 5.52 Å². The summed E-state index contributed by atoms with van der Waals surface area (Å²) in [5, 5.41) is 5.68. The van der Waals surface area contributed by atoms with Gasteiger partial charge in [0.25, 0.3) is 5.56 Å². The monoisotopic (exact) mass is 312 g/mol. The maximum atomic E-state index is 12.7. The van der Waals surface area contributed by atoms with Crippen LogP contribution >= 0.6 is 0 Å². The van der Waals surface area contributed by atoms with E-state index in [0.717, 1.165) is 48.8 Å². The highest BCUT2D eigenvalue weighted by molar-refractivity contribution is 6.03. The summed E-state index contributed by atoms with van der Waals surface area (Å²) in [7, 11) is 0. The second-order valence-corrected chi connectivity index (χ2v) is 6.23. The zero-order chi connectivity index (χ0) is 15.8. The lowest BCUT2D eigenvalue weighted by molar-refractivity contribution is 0.206. The largest absolute Gasteiger partial charge is 0.363 e. The fourth-order valence-electron chi connectivity index (χ4n) is 3.40. The molecule has 6 nitrogen and oxygen atoms in total. The van der Waals surface area contributed by atoms with E-state index in [-0.39, 0.29) is 5.56 Å². The third-order valence-corrected chi connectivity index (χ3v) is 4.77. The van der Waals surface area contributed by atoms with Crippen molar-refractivity contribution in [1.29, 1.82) is 0 Å². The summed E-state index contributed by atoms with van der Waals surface area (Å²) in [6.45, 7) is 3.50. The van der Waals surface area contributed by atoms with Crippen LogP contribution in [-0.4, -0.2) is 40.3 Å². The van der Waals surface area contributed by atoms with Gasteiger partial charge in [-0.2, -0.15) is 0 Å². The van der Waals surface area contributed by atoms with Crippen molar-refractivity contribution in [1.82, 2.24) is 14.6 Å². The number of likely N-dealkylation sites (tertiary alicyclic amines) is 1. The molecule has 1 fully saturated rings. The number of fused-ring (bicyclic) bond motifs is 3. The molecule has 3 heterocycles. The maximum Gasteiger partial charge on any atom is 0.281 e.